The third-order valence-corrected chi connectivity index (χ3v) is 8.55. The molecule has 4 nitrogen and oxygen atoms in total. The van der Waals surface area contributed by atoms with Crippen LogP contribution in [0.4, 0.5) is 0 Å². The van der Waals surface area contributed by atoms with Crippen molar-refractivity contribution in [3.63, 3.8) is 0 Å². The van der Waals surface area contributed by atoms with Crippen molar-refractivity contribution in [1.29, 1.82) is 0 Å². The number of rotatable bonds is 10. The third kappa shape index (κ3) is 10.1. The second-order valence-electron chi connectivity index (χ2n) is 6.81. The molecule has 1 fully saturated rings. The van der Waals surface area contributed by atoms with Crippen LogP contribution in [-0.4, -0.2) is 54.4 Å². The van der Waals surface area contributed by atoms with Gasteiger partial charge in [0.2, 0.25) is 0 Å². The number of halogens is 6. The van der Waals surface area contributed by atoms with E-state index in [1.807, 2.05) is 0 Å². The predicted molar refractivity (Wildman–Crippen MR) is 119 cm³/mol. The summed E-state index contributed by atoms with van der Waals surface area (Å²) in [6.07, 6.45) is 7.78. The number of unbranched alkanes of at least 4 members (excludes halogenated alkanes) is 6. The van der Waals surface area contributed by atoms with E-state index in [4.69, 9.17) is 79.8 Å². The molecule has 0 amide bonds. The third-order valence-electron chi connectivity index (χ3n) is 4.52. The Morgan fingerprint density at radius 1 is 0.643 bits per heavy atom. The van der Waals surface area contributed by atoms with E-state index in [2.05, 4.69) is 6.92 Å². The zero-order valence-electron chi connectivity index (χ0n) is 15.7. The smallest absolute Gasteiger partial charge is 0.317 e. The van der Waals surface area contributed by atoms with E-state index in [-0.39, 0.29) is 6.42 Å². The van der Waals surface area contributed by atoms with Gasteiger partial charge in [0.1, 0.15) is 0 Å². The van der Waals surface area contributed by atoms with Crippen LogP contribution in [0.5, 0.6) is 0 Å². The molecule has 10 heteroatoms. The number of hydrogen-bond donors (Lipinski definition) is 2. The Kier molecular flexibility index (Phi) is 15.9. The minimum absolute atomic E-state index is 0.248. The van der Waals surface area contributed by atoms with E-state index in [1.165, 1.54) is 25.7 Å². The van der Waals surface area contributed by atoms with E-state index in [9.17, 15) is 9.59 Å². The first-order valence-electron chi connectivity index (χ1n) is 9.36. The minimum Gasteiger partial charge on any atom is -0.481 e. The maximum Gasteiger partial charge on any atom is 0.317 e. The highest BCUT2D eigenvalue weighted by Gasteiger charge is 2.46. The van der Waals surface area contributed by atoms with Gasteiger partial charge < -0.3 is 10.2 Å². The van der Waals surface area contributed by atoms with Crippen LogP contribution in [0.1, 0.15) is 58.3 Å². The highest BCUT2D eigenvalue weighted by molar-refractivity contribution is 6.45. The molecule has 1 aliphatic carbocycles. The van der Waals surface area contributed by atoms with Crippen LogP contribution in [0, 0.1) is 5.92 Å². The SMILES string of the molecule is CCCCCCCCCC(C(=O)O)C(=O)O.ClC1C(Cl)C(Cl)C(Cl)C(Cl)C1Cl. The van der Waals surface area contributed by atoms with E-state index >= 15 is 0 Å². The number of aliphatic carboxylic acids is 2. The van der Waals surface area contributed by atoms with E-state index in [1.54, 1.807) is 0 Å². The lowest BCUT2D eigenvalue weighted by Crippen LogP contribution is -2.52. The lowest BCUT2D eigenvalue weighted by Gasteiger charge is -2.37. The Balaban J connectivity index is 0.000000540. The summed E-state index contributed by atoms with van der Waals surface area (Å²) < 4.78 is 0. The Hall–Kier alpha value is 0.680. The fourth-order valence-corrected chi connectivity index (χ4v) is 5.04. The molecule has 0 bridgehead atoms. The van der Waals surface area contributed by atoms with Crippen LogP contribution >= 0.6 is 69.6 Å². The second-order valence-corrected chi connectivity index (χ2v) is 9.83. The van der Waals surface area contributed by atoms with Crippen molar-refractivity contribution in [3.8, 4) is 0 Å². The van der Waals surface area contributed by atoms with Gasteiger partial charge in [-0.1, -0.05) is 51.9 Å². The highest BCUT2D eigenvalue weighted by atomic mass is 35.5. The molecule has 0 aromatic rings. The van der Waals surface area contributed by atoms with Crippen molar-refractivity contribution in [2.24, 2.45) is 5.92 Å². The van der Waals surface area contributed by atoms with Crippen LogP contribution in [-0.2, 0) is 9.59 Å². The topological polar surface area (TPSA) is 74.6 Å². The number of carboxylic acids is 2. The fourth-order valence-electron chi connectivity index (χ4n) is 2.71. The van der Waals surface area contributed by atoms with Gasteiger partial charge in [0, 0.05) is 0 Å². The fraction of sp³-hybridized carbons (Fsp3) is 0.889. The van der Waals surface area contributed by atoms with Gasteiger partial charge in [-0.2, -0.15) is 0 Å². The quantitative estimate of drug-likeness (QED) is 0.194. The molecule has 166 valence electrons. The van der Waals surface area contributed by atoms with Crippen LogP contribution in [0.25, 0.3) is 0 Å². The van der Waals surface area contributed by atoms with Gasteiger partial charge in [-0.25, -0.2) is 0 Å². The standard InChI is InChI=1S/C12H22O4.C6H6Cl6/c1-2-3-4-5-6-7-8-9-10(11(13)14)12(15)16;7-1-2(8)4(10)6(12)5(11)3(1)9/h10H,2-9H2,1H3,(H,13,14)(H,15,16);1-6H. The Bertz CT molecular complexity index is 395. The highest BCUT2D eigenvalue weighted by Crippen LogP contribution is 2.39. The van der Waals surface area contributed by atoms with E-state index < -0.39 is 50.1 Å². The summed E-state index contributed by atoms with van der Waals surface area (Å²) >= 11 is 35.3. The minimum atomic E-state index is -1.23. The van der Waals surface area contributed by atoms with Crippen LogP contribution < -0.4 is 0 Å². The molecule has 28 heavy (non-hydrogen) atoms. The van der Waals surface area contributed by atoms with Gasteiger partial charge in [0.25, 0.3) is 0 Å². The molecule has 1 saturated carbocycles. The summed E-state index contributed by atoms with van der Waals surface area (Å²) in [5, 5.41) is 14.7. The van der Waals surface area contributed by atoms with Gasteiger partial charge in [0.15, 0.2) is 5.92 Å². The molecule has 1 aliphatic rings. The average molecular weight is 521 g/mol. The molecule has 0 spiro atoms. The van der Waals surface area contributed by atoms with Crippen molar-refractivity contribution in [1.82, 2.24) is 0 Å². The molecule has 0 saturated heterocycles. The summed E-state index contributed by atoms with van der Waals surface area (Å²) in [4.78, 5) is 21.1. The Morgan fingerprint density at radius 2 is 0.929 bits per heavy atom. The van der Waals surface area contributed by atoms with Gasteiger partial charge in [-0.15, -0.1) is 69.6 Å². The maximum absolute atomic E-state index is 10.6. The second kappa shape index (κ2) is 15.5. The first-order chi connectivity index (χ1) is 13.1. The lowest BCUT2D eigenvalue weighted by atomic mass is 9.97. The van der Waals surface area contributed by atoms with E-state index in [0.29, 0.717) is 6.42 Å². The molecule has 0 unspecified atom stereocenters. The first-order valence-corrected chi connectivity index (χ1v) is 12.0. The molecular formula is C18H28Cl6O4. The summed E-state index contributed by atoms with van der Waals surface area (Å²) in [5.74, 6) is -3.67. The molecule has 0 aromatic carbocycles. The molecule has 0 heterocycles. The lowest BCUT2D eigenvalue weighted by molar-refractivity contribution is -0.154. The van der Waals surface area contributed by atoms with Crippen LogP contribution in [0.2, 0.25) is 0 Å². The van der Waals surface area contributed by atoms with Gasteiger partial charge in [-0.3, -0.25) is 9.59 Å². The summed E-state index contributed by atoms with van der Waals surface area (Å²) in [6, 6.07) is 0. The molecule has 0 aromatic heterocycles. The molecule has 0 radical (unpaired) electrons. The summed E-state index contributed by atoms with van der Waals surface area (Å²) in [6.45, 7) is 2.16. The average Bonchev–Trinajstić information content (AvgIpc) is 2.65. The zero-order chi connectivity index (χ0) is 21.9. The van der Waals surface area contributed by atoms with Crippen molar-refractivity contribution in [2.45, 2.75) is 90.6 Å². The van der Waals surface area contributed by atoms with Gasteiger partial charge >= 0.3 is 11.9 Å². The van der Waals surface area contributed by atoms with Crippen molar-refractivity contribution in [3.05, 3.63) is 0 Å². The van der Waals surface area contributed by atoms with E-state index in [0.717, 1.165) is 12.8 Å². The predicted octanol–water partition coefficient (Wildman–Crippen LogP) is 6.56. The molecular weight excluding hydrogens is 493 g/mol. The number of carboxylic acid groups (broad SMARTS) is 2. The summed E-state index contributed by atoms with van der Waals surface area (Å²) in [7, 11) is 0. The molecule has 2 N–H and O–H groups in total. The Morgan fingerprint density at radius 3 is 1.21 bits per heavy atom. The number of hydrogen-bond acceptors (Lipinski definition) is 2. The monoisotopic (exact) mass is 518 g/mol. The number of alkyl halides is 6. The zero-order valence-corrected chi connectivity index (χ0v) is 20.2. The maximum atomic E-state index is 10.6. The van der Waals surface area contributed by atoms with Gasteiger partial charge in [-0.05, 0) is 6.42 Å². The molecule has 0 aliphatic heterocycles. The molecule has 1 rings (SSSR count). The van der Waals surface area contributed by atoms with Crippen LogP contribution in [0.3, 0.4) is 0 Å². The van der Waals surface area contributed by atoms with Crippen molar-refractivity contribution in [2.75, 3.05) is 0 Å². The first kappa shape index (κ1) is 28.7. The largest absolute Gasteiger partial charge is 0.481 e. The number of carbonyl (C=O) groups is 2. The Labute approximate surface area is 197 Å². The van der Waals surface area contributed by atoms with Gasteiger partial charge in [0.05, 0.1) is 32.3 Å². The molecule has 0 atom stereocenters. The van der Waals surface area contributed by atoms with Crippen LogP contribution in [0.15, 0.2) is 0 Å². The summed E-state index contributed by atoms with van der Waals surface area (Å²) in [5.41, 5.74) is 0. The van der Waals surface area contributed by atoms with Crippen molar-refractivity contribution < 1.29 is 19.8 Å². The van der Waals surface area contributed by atoms with Crippen molar-refractivity contribution >= 4 is 81.5 Å². The normalized spacial score (nSPS) is 29.9.